The van der Waals surface area contributed by atoms with Crippen LogP contribution in [0.1, 0.15) is 36.5 Å². The molecular formula is C13H10Cl10. The maximum absolute atomic E-state index is 6.31. The standard InChI is InChI=1S/C13H10Cl10/c1-6(2)9-7(10(14,15)12(18,19)20)4-3-5-8(9)11(16,17)13(21,22)23/h3-6H,1-2H3. The Morgan fingerprint density at radius 3 is 1.17 bits per heavy atom. The summed E-state index contributed by atoms with van der Waals surface area (Å²) in [6, 6.07) is 4.79. The topological polar surface area (TPSA) is 0 Å². The second kappa shape index (κ2) is 7.63. The van der Waals surface area contributed by atoms with Crippen LogP contribution in [0.25, 0.3) is 0 Å². The molecule has 1 aromatic rings. The van der Waals surface area contributed by atoms with Crippen LogP contribution < -0.4 is 0 Å². The molecule has 0 spiro atoms. The molecule has 0 aliphatic rings. The Balaban J connectivity index is 3.77. The maximum Gasteiger partial charge on any atom is 0.227 e. The summed E-state index contributed by atoms with van der Waals surface area (Å²) in [4.78, 5) is 0. The molecule has 1 aromatic carbocycles. The highest BCUT2D eigenvalue weighted by Crippen LogP contribution is 2.58. The van der Waals surface area contributed by atoms with E-state index in [4.69, 9.17) is 116 Å². The Hall–Kier alpha value is 2.12. The van der Waals surface area contributed by atoms with Crippen LogP contribution in [-0.4, -0.2) is 7.59 Å². The predicted octanol–water partition coefficient (Wildman–Crippen LogP) is 8.81. The summed E-state index contributed by atoms with van der Waals surface area (Å²) in [5, 5.41) is 0. The lowest BCUT2D eigenvalue weighted by molar-refractivity contribution is 0.755. The van der Waals surface area contributed by atoms with Gasteiger partial charge in [0.2, 0.25) is 7.59 Å². The monoisotopic (exact) mass is 516 g/mol. The number of alkyl halides is 10. The van der Waals surface area contributed by atoms with Crippen LogP contribution in [0.15, 0.2) is 18.2 Å². The van der Waals surface area contributed by atoms with Crippen molar-refractivity contribution in [1.82, 2.24) is 0 Å². The third-order valence-electron chi connectivity index (χ3n) is 3.07. The van der Waals surface area contributed by atoms with Gasteiger partial charge in [-0.15, -0.1) is 0 Å². The van der Waals surface area contributed by atoms with Crippen molar-refractivity contribution in [3.63, 3.8) is 0 Å². The fourth-order valence-electron chi connectivity index (χ4n) is 2.04. The number of benzene rings is 1. The highest BCUT2D eigenvalue weighted by Gasteiger charge is 2.52. The molecule has 132 valence electrons. The first-order chi connectivity index (χ1) is 10.0. The molecule has 0 bridgehead atoms. The Morgan fingerprint density at radius 1 is 0.652 bits per heavy atom. The average molecular weight is 521 g/mol. The largest absolute Gasteiger partial charge is 0.227 e. The van der Waals surface area contributed by atoms with E-state index in [1.54, 1.807) is 18.2 Å². The van der Waals surface area contributed by atoms with Crippen molar-refractivity contribution in [3.8, 4) is 0 Å². The van der Waals surface area contributed by atoms with Crippen LogP contribution in [0.5, 0.6) is 0 Å². The van der Waals surface area contributed by atoms with Gasteiger partial charge in [0, 0.05) is 0 Å². The minimum Gasteiger partial charge on any atom is -0.0915 e. The van der Waals surface area contributed by atoms with E-state index in [0.717, 1.165) is 0 Å². The summed E-state index contributed by atoms with van der Waals surface area (Å²) in [5.74, 6) is -0.158. The van der Waals surface area contributed by atoms with E-state index in [2.05, 4.69) is 0 Å². The zero-order valence-corrected chi connectivity index (χ0v) is 19.1. The minimum absolute atomic E-state index is 0.158. The Kier molecular flexibility index (Phi) is 7.68. The fourth-order valence-corrected chi connectivity index (χ4v) is 3.31. The summed E-state index contributed by atoms with van der Waals surface area (Å²) in [6.45, 7) is 3.71. The molecule has 0 unspecified atom stereocenters. The summed E-state index contributed by atoms with van der Waals surface area (Å²) in [6.07, 6.45) is 0. The first kappa shape index (κ1) is 23.2. The van der Waals surface area contributed by atoms with Crippen LogP contribution in [0.2, 0.25) is 0 Å². The van der Waals surface area contributed by atoms with Gasteiger partial charge in [0.1, 0.15) is 0 Å². The molecule has 0 fully saturated rings. The van der Waals surface area contributed by atoms with Crippen molar-refractivity contribution in [3.05, 3.63) is 34.9 Å². The predicted molar refractivity (Wildman–Crippen MR) is 108 cm³/mol. The zero-order valence-electron chi connectivity index (χ0n) is 11.6. The Morgan fingerprint density at radius 2 is 0.957 bits per heavy atom. The molecule has 0 radical (unpaired) electrons. The first-order valence-electron chi connectivity index (χ1n) is 6.08. The van der Waals surface area contributed by atoms with Crippen LogP contribution in [0.4, 0.5) is 0 Å². The van der Waals surface area contributed by atoms with Crippen LogP contribution >= 0.6 is 116 Å². The molecule has 0 aromatic heterocycles. The molecular weight excluding hydrogens is 511 g/mol. The average Bonchev–Trinajstić information content (AvgIpc) is 2.34. The zero-order chi connectivity index (χ0) is 18.4. The fraction of sp³-hybridized carbons (Fsp3) is 0.538. The van der Waals surface area contributed by atoms with Gasteiger partial charge in [-0.2, -0.15) is 0 Å². The van der Waals surface area contributed by atoms with Gasteiger partial charge < -0.3 is 0 Å². The van der Waals surface area contributed by atoms with Gasteiger partial charge in [0.05, 0.1) is 0 Å². The molecule has 0 saturated carbocycles. The molecule has 0 atom stereocenters. The van der Waals surface area contributed by atoms with Crippen LogP contribution in [0, 0.1) is 0 Å². The number of rotatable bonds is 3. The highest BCUT2D eigenvalue weighted by molar-refractivity contribution is 6.76. The van der Waals surface area contributed by atoms with Gasteiger partial charge in [-0.3, -0.25) is 0 Å². The molecule has 0 heterocycles. The lowest BCUT2D eigenvalue weighted by atomic mass is 9.89. The molecule has 10 heteroatoms. The van der Waals surface area contributed by atoms with Crippen LogP contribution in [-0.2, 0) is 8.67 Å². The molecule has 0 N–H and O–H groups in total. The summed E-state index contributed by atoms with van der Waals surface area (Å²) < 4.78 is -7.77. The molecule has 0 aliphatic carbocycles. The first-order valence-corrected chi connectivity index (χ1v) is 9.86. The molecule has 23 heavy (non-hydrogen) atoms. The van der Waals surface area contributed by atoms with E-state index in [-0.39, 0.29) is 5.92 Å². The lowest BCUT2D eigenvalue weighted by Gasteiger charge is -2.35. The van der Waals surface area contributed by atoms with Gasteiger partial charge in [0.15, 0.2) is 8.67 Å². The van der Waals surface area contributed by atoms with E-state index in [1.165, 1.54) is 0 Å². The van der Waals surface area contributed by atoms with Gasteiger partial charge in [-0.05, 0) is 22.6 Å². The minimum atomic E-state index is -2.01. The van der Waals surface area contributed by atoms with Crippen molar-refractivity contribution in [2.24, 2.45) is 0 Å². The molecule has 0 amide bonds. The third-order valence-corrected chi connectivity index (χ3v) is 7.88. The number of hydrogen-bond acceptors (Lipinski definition) is 0. The van der Waals surface area contributed by atoms with Gasteiger partial charge in [-0.25, -0.2) is 0 Å². The van der Waals surface area contributed by atoms with E-state index in [9.17, 15) is 0 Å². The second-order valence-corrected chi connectivity index (χ2v) is 12.3. The van der Waals surface area contributed by atoms with Crippen LogP contribution in [0.3, 0.4) is 0 Å². The number of hydrogen-bond donors (Lipinski definition) is 0. The summed E-state index contributed by atoms with van der Waals surface area (Å²) >= 11 is 60.7. The maximum atomic E-state index is 6.31. The van der Waals surface area contributed by atoms with Crippen molar-refractivity contribution < 1.29 is 0 Å². The van der Waals surface area contributed by atoms with Crippen molar-refractivity contribution in [2.75, 3.05) is 0 Å². The Labute approximate surface area is 185 Å². The van der Waals surface area contributed by atoms with E-state index in [1.807, 2.05) is 13.8 Å². The normalized spacial score (nSPS) is 14.5. The van der Waals surface area contributed by atoms with E-state index in [0.29, 0.717) is 16.7 Å². The SMILES string of the molecule is CC(C)c1c(C(Cl)(Cl)C(Cl)(Cl)Cl)cccc1C(Cl)(Cl)C(Cl)(Cl)Cl. The summed E-state index contributed by atoms with van der Waals surface area (Å²) in [5.41, 5.74) is 1.15. The Bertz CT molecular complexity index is 521. The van der Waals surface area contributed by atoms with Gasteiger partial charge in [0.25, 0.3) is 0 Å². The van der Waals surface area contributed by atoms with Gasteiger partial charge in [-0.1, -0.05) is 148 Å². The van der Waals surface area contributed by atoms with E-state index < -0.39 is 16.3 Å². The van der Waals surface area contributed by atoms with Gasteiger partial charge >= 0.3 is 0 Å². The molecule has 0 nitrogen and oxygen atoms in total. The van der Waals surface area contributed by atoms with Crippen molar-refractivity contribution in [2.45, 2.75) is 36.0 Å². The number of halogens is 10. The second-order valence-electron chi connectivity index (χ2n) is 5.07. The van der Waals surface area contributed by atoms with Crippen molar-refractivity contribution in [1.29, 1.82) is 0 Å². The highest BCUT2D eigenvalue weighted by atomic mass is 35.6. The van der Waals surface area contributed by atoms with Crippen molar-refractivity contribution >= 4 is 116 Å². The smallest absolute Gasteiger partial charge is 0.0915 e. The van der Waals surface area contributed by atoms with E-state index >= 15 is 0 Å². The quantitative estimate of drug-likeness (QED) is 0.349. The molecule has 0 saturated heterocycles. The molecule has 1 rings (SSSR count). The third kappa shape index (κ3) is 4.70. The molecule has 0 aliphatic heterocycles. The lowest BCUT2D eigenvalue weighted by Crippen LogP contribution is -2.34. The summed E-state index contributed by atoms with van der Waals surface area (Å²) in [7, 11) is 0.